The lowest BCUT2D eigenvalue weighted by Gasteiger charge is -2.31. The molecule has 0 aliphatic carbocycles. The van der Waals surface area contributed by atoms with Gasteiger partial charge in [0.05, 0.1) is 23.1 Å². The third-order valence-corrected chi connectivity index (χ3v) is 5.62. The molecule has 1 aliphatic heterocycles. The molecule has 4 rings (SSSR count). The van der Waals surface area contributed by atoms with Gasteiger partial charge >= 0.3 is 6.03 Å². The molecule has 164 valence electrons. The maximum absolute atomic E-state index is 13.1. The first-order chi connectivity index (χ1) is 15.6. The number of nitrogens with one attached hydrogen (secondary N) is 2. The van der Waals surface area contributed by atoms with E-state index in [1.54, 1.807) is 18.3 Å². The number of hydrogen-bond donors (Lipinski definition) is 3. The first-order valence-corrected chi connectivity index (χ1v) is 10.8. The molecule has 1 unspecified atom stereocenters. The SMILES string of the molecule is NC(=O)c1ccc(N2CCCCC2)c(NC(=O)NC(c2ccccc2)c2ccccn2)c1. The Labute approximate surface area is 187 Å². The molecule has 7 nitrogen and oxygen atoms in total. The largest absolute Gasteiger partial charge is 0.370 e. The van der Waals surface area contributed by atoms with E-state index in [0.717, 1.165) is 42.9 Å². The van der Waals surface area contributed by atoms with E-state index in [0.29, 0.717) is 11.3 Å². The van der Waals surface area contributed by atoms with Crippen LogP contribution < -0.4 is 21.3 Å². The molecule has 0 saturated carbocycles. The lowest BCUT2D eigenvalue weighted by Crippen LogP contribution is -2.35. The Bertz CT molecular complexity index is 1030. The van der Waals surface area contributed by atoms with E-state index in [9.17, 15) is 9.59 Å². The Kier molecular flexibility index (Phi) is 6.65. The third kappa shape index (κ3) is 5.06. The highest BCUT2D eigenvalue weighted by molar-refractivity contribution is 5.99. The summed E-state index contributed by atoms with van der Waals surface area (Å²) in [5.74, 6) is -0.533. The molecule has 2 aromatic carbocycles. The predicted octanol–water partition coefficient (Wildman–Crippen LogP) is 4.08. The topological polar surface area (TPSA) is 100 Å². The molecular formula is C25H27N5O2. The number of carbonyl (C=O) groups is 2. The zero-order valence-corrected chi connectivity index (χ0v) is 17.8. The molecule has 2 heterocycles. The minimum atomic E-state index is -0.533. The zero-order valence-electron chi connectivity index (χ0n) is 17.8. The first kappa shape index (κ1) is 21.4. The highest BCUT2D eigenvalue weighted by Crippen LogP contribution is 2.30. The Morgan fingerprint density at radius 2 is 1.69 bits per heavy atom. The number of urea groups is 1. The summed E-state index contributed by atoms with van der Waals surface area (Å²) in [6, 6.07) is 19.7. The summed E-state index contributed by atoms with van der Waals surface area (Å²) in [6.07, 6.45) is 5.09. The van der Waals surface area contributed by atoms with Gasteiger partial charge in [-0.3, -0.25) is 9.78 Å². The maximum atomic E-state index is 13.1. The van der Waals surface area contributed by atoms with Crippen molar-refractivity contribution >= 4 is 23.3 Å². The fraction of sp³-hybridized carbons (Fsp3) is 0.240. The number of anilines is 2. The molecule has 0 bridgehead atoms. The average Bonchev–Trinajstić information content (AvgIpc) is 2.84. The van der Waals surface area contributed by atoms with Gasteiger partial charge in [0.2, 0.25) is 5.91 Å². The van der Waals surface area contributed by atoms with Crippen molar-refractivity contribution in [3.05, 3.63) is 89.7 Å². The van der Waals surface area contributed by atoms with Crippen LogP contribution in [0.3, 0.4) is 0 Å². The van der Waals surface area contributed by atoms with Gasteiger partial charge in [0.25, 0.3) is 0 Å². The summed E-state index contributed by atoms with van der Waals surface area (Å²) in [7, 11) is 0. The molecule has 1 atom stereocenters. The quantitative estimate of drug-likeness (QED) is 0.550. The average molecular weight is 430 g/mol. The summed E-state index contributed by atoms with van der Waals surface area (Å²) < 4.78 is 0. The molecule has 1 fully saturated rings. The van der Waals surface area contributed by atoms with Crippen molar-refractivity contribution in [2.24, 2.45) is 5.73 Å². The first-order valence-electron chi connectivity index (χ1n) is 10.8. The number of rotatable bonds is 6. The standard InChI is InChI=1S/C25H27N5O2/c26-24(31)19-12-13-22(30-15-7-2-8-16-30)21(17-19)28-25(32)29-23(18-9-3-1-4-10-18)20-11-5-6-14-27-20/h1,3-6,9-14,17,23H,2,7-8,15-16H2,(H2,26,31)(H2,28,29,32). The molecule has 0 spiro atoms. The number of nitrogens with two attached hydrogens (primary N) is 1. The fourth-order valence-corrected chi connectivity index (χ4v) is 4.01. The zero-order chi connectivity index (χ0) is 22.3. The minimum Gasteiger partial charge on any atom is -0.370 e. The van der Waals surface area contributed by atoms with Gasteiger partial charge in [-0.15, -0.1) is 0 Å². The van der Waals surface area contributed by atoms with Crippen molar-refractivity contribution in [2.45, 2.75) is 25.3 Å². The van der Waals surface area contributed by atoms with Gasteiger partial charge in [0, 0.05) is 24.8 Å². The lowest BCUT2D eigenvalue weighted by atomic mass is 10.0. The minimum absolute atomic E-state index is 0.352. The molecule has 3 aromatic rings. The van der Waals surface area contributed by atoms with E-state index < -0.39 is 11.9 Å². The normalized spacial score (nSPS) is 14.4. The predicted molar refractivity (Wildman–Crippen MR) is 126 cm³/mol. The van der Waals surface area contributed by atoms with E-state index in [1.165, 1.54) is 6.42 Å². The van der Waals surface area contributed by atoms with Crippen LogP contribution in [-0.2, 0) is 0 Å². The highest BCUT2D eigenvalue weighted by Gasteiger charge is 2.21. The molecule has 32 heavy (non-hydrogen) atoms. The van der Waals surface area contributed by atoms with E-state index in [2.05, 4.69) is 20.5 Å². The van der Waals surface area contributed by atoms with Crippen LogP contribution in [0.5, 0.6) is 0 Å². The number of benzene rings is 2. The van der Waals surface area contributed by atoms with Crippen LogP contribution in [-0.4, -0.2) is 30.0 Å². The molecule has 7 heteroatoms. The Morgan fingerprint density at radius 1 is 0.938 bits per heavy atom. The molecule has 3 amide bonds. The number of nitrogens with zero attached hydrogens (tertiary/aromatic N) is 2. The molecule has 4 N–H and O–H groups in total. The third-order valence-electron chi connectivity index (χ3n) is 5.62. The second-order valence-electron chi connectivity index (χ2n) is 7.84. The summed E-state index contributed by atoms with van der Waals surface area (Å²) in [4.78, 5) is 31.5. The number of hydrogen-bond acceptors (Lipinski definition) is 4. The van der Waals surface area contributed by atoms with E-state index in [4.69, 9.17) is 5.73 Å². The van der Waals surface area contributed by atoms with Crippen LogP contribution in [0.4, 0.5) is 16.2 Å². The summed E-state index contributed by atoms with van der Waals surface area (Å²) in [5.41, 5.74) is 8.94. The fourth-order valence-electron chi connectivity index (χ4n) is 4.01. The maximum Gasteiger partial charge on any atom is 0.320 e. The summed E-state index contributed by atoms with van der Waals surface area (Å²) in [6.45, 7) is 1.82. The van der Waals surface area contributed by atoms with Gasteiger partial charge in [-0.1, -0.05) is 36.4 Å². The molecule has 0 radical (unpaired) electrons. The number of aromatic nitrogens is 1. The van der Waals surface area contributed by atoms with E-state index in [1.807, 2.05) is 54.6 Å². The number of pyridine rings is 1. The lowest BCUT2D eigenvalue weighted by molar-refractivity contribution is 0.100. The van der Waals surface area contributed by atoms with Gasteiger partial charge in [0.15, 0.2) is 0 Å². The van der Waals surface area contributed by atoms with Crippen LogP contribution in [0.1, 0.15) is 46.9 Å². The van der Waals surface area contributed by atoms with Gasteiger partial charge in [0.1, 0.15) is 0 Å². The second-order valence-corrected chi connectivity index (χ2v) is 7.84. The van der Waals surface area contributed by atoms with Gasteiger partial charge in [-0.25, -0.2) is 4.79 Å². The van der Waals surface area contributed by atoms with Gasteiger partial charge in [-0.2, -0.15) is 0 Å². The monoisotopic (exact) mass is 429 g/mol. The Hall–Kier alpha value is -3.87. The summed E-state index contributed by atoms with van der Waals surface area (Å²) >= 11 is 0. The summed E-state index contributed by atoms with van der Waals surface area (Å²) in [5, 5.41) is 5.98. The van der Waals surface area contributed by atoms with Crippen molar-refractivity contribution in [2.75, 3.05) is 23.3 Å². The van der Waals surface area contributed by atoms with Crippen molar-refractivity contribution in [3.63, 3.8) is 0 Å². The number of piperidine rings is 1. The van der Waals surface area contributed by atoms with Crippen molar-refractivity contribution in [3.8, 4) is 0 Å². The van der Waals surface area contributed by atoms with E-state index in [-0.39, 0.29) is 6.03 Å². The van der Waals surface area contributed by atoms with Gasteiger partial charge < -0.3 is 21.3 Å². The van der Waals surface area contributed by atoms with Crippen LogP contribution in [0.15, 0.2) is 72.9 Å². The number of carbonyl (C=O) groups excluding carboxylic acids is 2. The van der Waals surface area contributed by atoms with E-state index >= 15 is 0 Å². The second kappa shape index (κ2) is 9.96. The molecular weight excluding hydrogens is 402 g/mol. The highest BCUT2D eigenvalue weighted by atomic mass is 16.2. The number of amides is 3. The molecule has 1 aromatic heterocycles. The Balaban J connectivity index is 1.60. The number of primary amides is 1. The Morgan fingerprint density at radius 3 is 2.38 bits per heavy atom. The molecule has 1 aliphatic rings. The van der Waals surface area contributed by atoms with Crippen LogP contribution >= 0.6 is 0 Å². The van der Waals surface area contributed by atoms with Crippen LogP contribution in [0, 0.1) is 0 Å². The van der Waals surface area contributed by atoms with Gasteiger partial charge in [-0.05, 0) is 55.2 Å². The van der Waals surface area contributed by atoms with Crippen LogP contribution in [0.2, 0.25) is 0 Å². The smallest absolute Gasteiger partial charge is 0.320 e. The van der Waals surface area contributed by atoms with Crippen molar-refractivity contribution in [1.82, 2.24) is 10.3 Å². The van der Waals surface area contributed by atoms with Crippen LogP contribution in [0.25, 0.3) is 0 Å². The van der Waals surface area contributed by atoms with Crippen molar-refractivity contribution < 1.29 is 9.59 Å². The molecule has 1 saturated heterocycles. The van der Waals surface area contributed by atoms with Crippen molar-refractivity contribution in [1.29, 1.82) is 0 Å².